The molecule has 2 atom stereocenters. The van der Waals surface area contributed by atoms with E-state index in [0.717, 1.165) is 16.8 Å². The zero-order valence-corrected chi connectivity index (χ0v) is 16.7. The first-order valence-electron chi connectivity index (χ1n) is 8.55. The molecule has 0 saturated heterocycles. The van der Waals surface area contributed by atoms with Crippen LogP contribution in [0.2, 0.25) is 0 Å². The van der Waals surface area contributed by atoms with E-state index in [2.05, 4.69) is 31.1 Å². The molecule has 8 nitrogen and oxygen atoms in total. The number of hydrogen-bond acceptors (Lipinski definition) is 5. The molecular weight excluding hydrogens is 450 g/mol. The van der Waals surface area contributed by atoms with E-state index in [0.29, 0.717) is 16.1 Å². The molecule has 0 aliphatic rings. The Labute approximate surface area is 171 Å². The fraction of sp³-hybridized carbons (Fsp3) is 0.222. The summed E-state index contributed by atoms with van der Waals surface area (Å²) in [5.74, 6) is -1.73. The quantitative estimate of drug-likeness (QED) is 0.489. The van der Waals surface area contributed by atoms with Crippen LogP contribution in [-0.4, -0.2) is 34.1 Å². The maximum atomic E-state index is 14.6. The molecule has 29 heavy (non-hydrogen) atoms. The van der Waals surface area contributed by atoms with Crippen molar-refractivity contribution in [1.29, 1.82) is 0 Å². The van der Waals surface area contributed by atoms with Crippen molar-refractivity contribution in [3.8, 4) is 0 Å². The van der Waals surface area contributed by atoms with Gasteiger partial charge in [-0.3, -0.25) is 4.40 Å². The molecule has 4 aromatic rings. The van der Waals surface area contributed by atoms with Crippen LogP contribution in [-0.2, 0) is 12.1 Å². The van der Waals surface area contributed by atoms with Crippen molar-refractivity contribution in [3.05, 3.63) is 81.5 Å². The van der Waals surface area contributed by atoms with E-state index in [1.165, 1.54) is 34.9 Å². The lowest BCUT2D eigenvalue weighted by Crippen LogP contribution is -2.45. The molecule has 1 aromatic carbocycles. The summed E-state index contributed by atoms with van der Waals surface area (Å²) in [5.41, 5.74) is -2.15. The minimum Gasteiger partial charge on any atom is -0.381 e. The number of nitrogens with zero attached hydrogens (tertiary/aromatic N) is 6. The first-order valence-corrected chi connectivity index (χ1v) is 9.34. The van der Waals surface area contributed by atoms with E-state index in [1.807, 2.05) is 0 Å². The predicted octanol–water partition coefficient (Wildman–Crippen LogP) is 2.28. The van der Waals surface area contributed by atoms with Gasteiger partial charge in [0.25, 0.3) is 0 Å². The Kier molecular flexibility index (Phi) is 4.79. The van der Waals surface area contributed by atoms with E-state index in [1.54, 1.807) is 12.3 Å². The highest BCUT2D eigenvalue weighted by Crippen LogP contribution is 2.35. The largest absolute Gasteiger partial charge is 0.381 e. The van der Waals surface area contributed by atoms with Crippen molar-refractivity contribution >= 4 is 21.4 Å². The highest BCUT2D eigenvalue weighted by Gasteiger charge is 2.41. The van der Waals surface area contributed by atoms with Gasteiger partial charge < -0.3 is 5.11 Å². The van der Waals surface area contributed by atoms with Crippen molar-refractivity contribution in [2.75, 3.05) is 0 Å². The van der Waals surface area contributed by atoms with Crippen LogP contribution in [0.4, 0.5) is 8.78 Å². The Bertz CT molecular complexity index is 1240. The highest BCUT2D eigenvalue weighted by molar-refractivity contribution is 9.10. The normalized spacial score (nSPS) is 14.8. The fourth-order valence-electron chi connectivity index (χ4n) is 3.30. The lowest BCUT2D eigenvalue weighted by atomic mass is 9.86. The maximum absolute atomic E-state index is 14.6. The number of rotatable bonds is 5. The first kappa shape index (κ1) is 19.4. The molecule has 1 N–H and O–H groups in total. The van der Waals surface area contributed by atoms with Crippen LogP contribution in [0.1, 0.15) is 18.5 Å². The average molecular weight is 465 g/mol. The third kappa shape index (κ3) is 3.36. The van der Waals surface area contributed by atoms with Crippen molar-refractivity contribution in [2.24, 2.45) is 0 Å². The molecule has 11 heteroatoms. The van der Waals surface area contributed by atoms with Gasteiger partial charge in [-0.05, 0) is 35.0 Å². The number of benzene rings is 1. The van der Waals surface area contributed by atoms with Crippen LogP contribution in [0.15, 0.2) is 58.6 Å². The van der Waals surface area contributed by atoms with E-state index < -0.39 is 29.0 Å². The molecule has 0 amide bonds. The summed E-state index contributed by atoms with van der Waals surface area (Å²) < 4.78 is 32.5. The summed E-state index contributed by atoms with van der Waals surface area (Å²) in [4.78, 5) is 16.8. The monoisotopic (exact) mass is 464 g/mol. The van der Waals surface area contributed by atoms with E-state index >= 15 is 0 Å². The van der Waals surface area contributed by atoms with Gasteiger partial charge in [0.1, 0.15) is 29.9 Å². The predicted molar refractivity (Wildman–Crippen MR) is 102 cm³/mol. The number of aliphatic hydroxyl groups is 1. The number of fused-ring (bicyclic) bond motifs is 1. The SMILES string of the molecule is CC(n1ncc2cc(Br)cn2c1=O)C(O)(Cn1cncn1)c1ccc(F)cc1F. The molecule has 0 radical (unpaired) electrons. The second-order valence-corrected chi connectivity index (χ2v) is 7.56. The lowest BCUT2D eigenvalue weighted by Gasteiger charge is -2.34. The molecule has 0 spiro atoms. The smallest absolute Gasteiger partial charge is 0.349 e. The van der Waals surface area contributed by atoms with E-state index in [-0.39, 0.29) is 12.1 Å². The van der Waals surface area contributed by atoms with Crippen LogP contribution in [0, 0.1) is 11.6 Å². The topological polar surface area (TPSA) is 90.2 Å². The summed E-state index contributed by atoms with van der Waals surface area (Å²) in [7, 11) is 0. The van der Waals surface area contributed by atoms with Gasteiger partial charge in [-0.1, -0.05) is 6.07 Å². The van der Waals surface area contributed by atoms with Crippen molar-refractivity contribution < 1.29 is 13.9 Å². The standard InChI is InChI=1S/C18H15BrF2N6O2/c1-11(27-17(28)26-7-12(19)4-14(26)6-23-27)18(29,8-25-10-22-9-24-25)15-3-2-13(20)5-16(15)21/h2-7,9-11,29H,8H2,1H3. The second-order valence-electron chi connectivity index (χ2n) is 6.64. The Morgan fingerprint density at radius 3 is 2.76 bits per heavy atom. The minimum atomic E-state index is -1.99. The zero-order chi connectivity index (χ0) is 20.8. The molecule has 0 aliphatic carbocycles. The van der Waals surface area contributed by atoms with Gasteiger partial charge in [-0.15, -0.1) is 0 Å². The van der Waals surface area contributed by atoms with Crippen molar-refractivity contribution in [2.45, 2.75) is 25.1 Å². The van der Waals surface area contributed by atoms with Gasteiger partial charge in [0.2, 0.25) is 0 Å². The Morgan fingerprint density at radius 2 is 2.07 bits per heavy atom. The number of halogens is 3. The molecule has 0 saturated carbocycles. The summed E-state index contributed by atoms with van der Waals surface area (Å²) >= 11 is 3.30. The molecule has 3 heterocycles. The molecular formula is C18H15BrF2N6O2. The fourth-order valence-corrected chi connectivity index (χ4v) is 3.74. The maximum Gasteiger partial charge on any atom is 0.349 e. The Morgan fingerprint density at radius 1 is 1.28 bits per heavy atom. The zero-order valence-electron chi connectivity index (χ0n) is 15.1. The van der Waals surface area contributed by atoms with Gasteiger partial charge in [0.15, 0.2) is 0 Å². The Hall–Kier alpha value is -2.92. The third-order valence-electron chi connectivity index (χ3n) is 4.86. The molecule has 150 valence electrons. The third-order valence-corrected chi connectivity index (χ3v) is 5.29. The van der Waals surface area contributed by atoms with Gasteiger partial charge in [0, 0.05) is 22.3 Å². The van der Waals surface area contributed by atoms with Gasteiger partial charge >= 0.3 is 5.69 Å². The van der Waals surface area contributed by atoms with Gasteiger partial charge in [-0.25, -0.2) is 27.9 Å². The molecule has 4 rings (SSSR count). The molecule has 0 aliphatic heterocycles. The van der Waals surface area contributed by atoms with Crippen LogP contribution < -0.4 is 5.69 Å². The van der Waals surface area contributed by atoms with Gasteiger partial charge in [-0.2, -0.15) is 10.2 Å². The van der Waals surface area contributed by atoms with Gasteiger partial charge in [0.05, 0.1) is 24.3 Å². The molecule has 2 unspecified atom stereocenters. The number of aromatic nitrogens is 6. The van der Waals surface area contributed by atoms with Crippen LogP contribution in [0.3, 0.4) is 0 Å². The Balaban J connectivity index is 1.88. The minimum absolute atomic E-state index is 0.190. The van der Waals surface area contributed by atoms with Crippen LogP contribution >= 0.6 is 15.9 Å². The molecule has 0 bridgehead atoms. The van der Waals surface area contributed by atoms with E-state index in [4.69, 9.17) is 0 Å². The summed E-state index contributed by atoms with van der Waals surface area (Å²) in [6, 6.07) is 3.54. The lowest BCUT2D eigenvalue weighted by molar-refractivity contribution is -0.0390. The van der Waals surface area contributed by atoms with E-state index in [9.17, 15) is 18.7 Å². The van der Waals surface area contributed by atoms with Crippen LogP contribution in [0.25, 0.3) is 5.52 Å². The highest BCUT2D eigenvalue weighted by atomic mass is 79.9. The van der Waals surface area contributed by atoms with Crippen molar-refractivity contribution in [3.63, 3.8) is 0 Å². The summed E-state index contributed by atoms with van der Waals surface area (Å²) in [6.07, 6.45) is 5.64. The average Bonchev–Trinajstić information content (AvgIpc) is 3.30. The van der Waals surface area contributed by atoms with Crippen molar-refractivity contribution in [1.82, 2.24) is 28.9 Å². The van der Waals surface area contributed by atoms with Crippen LogP contribution in [0.5, 0.6) is 0 Å². The molecule has 3 aromatic heterocycles. The summed E-state index contributed by atoms with van der Waals surface area (Å²) in [6.45, 7) is 1.29. The first-order chi connectivity index (χ1) is 13.8. The number of hydrogen-bond donors (Lipinski definition) is 1. The molecule has 0 fully saturated rings. The second kappa shape index (κ2) is 7.16. The summed E-state index contributed by atoms with van der Waals surface area (Å²) in [5, 5.41) is 19.7.